The van der Waals surface area contributed by atoms with Crippen molar-refractivity contribution in [1.29, 1.82) is 0 Å². The van der Waals surface area contributed by atoms with E-state index in [2.05, 4.69) is 19.2 Å². The molecule has 3 amide bonds. The molecule has 6 heteroatoms. The quantitative estimate of drug-likeness (QED) is 0.639. The van der Waals surface area contributed by atoms with E-state index in [9.17, 15) is 14.7 Å². The minimum Gasteiger partial charge on any atom is -0.491 e. The third-order valence-electron chi connectivity index (χ3n) is 5.04. The fraction of sp³-hybridized carbons (Fsp3) is 0.391. The van der Waals surface area contributed by atoms with Gasteiger partial charge < -0.3 is 15.2 Å². The van der Waals surface area contributed by atoms with Crippen molar-refractivity contribution in [3.8, 4) is 5.75 Å². The van der Waals surface area contributed by atoms with Crippen LogP contribution in [-0.4, -0.2) is 47.2 Å². The molecule has 1 fully saturated rings. The van der Waals surface area contributed by atoms with Gasteiger partial charge in [0.1, 0.15) is 24.5 Å². The van der Waals surface area contributed by atoms with Gasteiger partial charge >= 0.3 is 6.03 Å². The number of urea groups is 1. The summed E-state index contributed by atoms with van der Waals surface area (Å²) < 4.78 is 5.75. The molecular weight excluding hydrogens is 368 g/mol. The van der Waals surface area contributed by atoms with Gasteiger partial charge in [-0.05, 0) is 36.0 Å². The lowest BCUT2D eigenvalue weighted by molar-refractivity contribution is -0.128. The zero-order chi connectivity index (χ0) is 20.8. The number of carbonyl (C=O) groups is 2. The van der Waals surface area contributed by atoms with Crippen molar-refractivity contribution < 1.29 is 19.4 Å². The van der Waals surface area contributed by atoms with E-state index in [1.165, 1.54) is 0 Å². The Morgan fingerprint density at radius 2 is 1.76 bits per heavy atom. The molecule has 0 radical (unpaired) electrons. The van der Waals surface area contributed by atoms with Gasteiger partial charge in [-0.3, -0.25) is 9.69 Å². The van der Waals surface area contributed by atoms with Crippen LogP contribution in [0.2, 0.25) is 0 Å². The Morgan fingerprint density at radius 3 is 2.48 bits per heavy atom. The predicted octanol–water partition coefficient (Wildman–Crippen LogP) is 3.10. The molecule has 0 saturated carbocycles. The molecule has 2 unspecified atom stereocenters. The fourth-order valence-corrected chi connectivity index (χ4v) is 3.44. The topological polar surface area (TPSA) is 78.9 Å². The van der Waals surface area contributed by atoms with Crippen LogP contribution in [0.3, 0.4) is 0 Å². The highest BCUT2D eigenvalue weighted by atomic mass is 16.5. The van der Waals surface area contributed by atoms with Crippen molar-refractivity contribution in [2.75, 3.05) is 13.2 Å². The largest absolute Gasteiger partial charge is 0.491 e. The van der Waals surface area contributed by atoms with Crippen LogP contribution >= 0.6 is 0 Å². The van der Waals surface area contributed by atoms with Crippen molar-refractivity contribution in [3.05, 3.63) is 65.7 Å². The van der Waals surface area contributed by atoms with E-state index in [1.807, 2.05) is 54.6 Å². The monoisotopic (exact) mass is 396 g/mol. The number of carbonyl (C=O) groups excluding carboxylic acids is 2. The highest BCUT2D eigenvalue weighted by molar-refractivity contribution is 6.04. The number of nitrogens with one attached hydrogen (secondary N) is 1. The molecule has 29 heavy (non-hydrogen) atoms. The van der Waals surface area contributed by atoms with Gasteiger partial charge in [0.05, 0.1) is 6.54 Å². The number of ether oxygens (including phenoxy) is 1. The first kappa shape index (κ1) is 20.9. The SMILES string of the molecule is CC(C)c1ccccc1OCC(O)CN1C(=O)NC(CCc2ccccc2)C1=O. The number of hydrogen-bond donors (Lipinski definition) is 2. The molecule has 154 valence electrons. The average molecular weight is 396 g/mol. The molecule has 6 nitrogen and oxygen atoms in total. The molecule has 2 aromatic carbocycles. The van der Waals surface area contributed by atoms with Gasteiger partial charge in [-0.2, -0.15) is 0 Å². The zero-order valence-corrected chi connectivity index (χ0v) is 16.9. The van der Waals surface area contributed by atoms with E-state index in [1.54, 1.807) is 0 Å². The summed E-state index contributed by atoms with van der Waals surface area (Å²) in [5.74, 6) is 0.701. The lowest BCUT2D eigenvalue weighted by atomic mass is 10.0. The van der Waals surface area contributed by atoms with Gasteiger partial charge in [0, 0.05) is 0 Å². The molecule has 0 bridgehead atoms. The molecule has 1 heterocycles. The fourth-order valence-electron chi connectivity index (χ4n) is 3.44. The maximum absolute atomic E-state index is 12.6. The number of para-hydroxylation sites is 1. The van der Waals surface area contributed by atoms with Crippen LogP contribution < -0.4 is 10.1 Å². The van der Waals surface area contributed by atoms with Gasteiger partial charge in [-0.1, -0.05) is 62.4 Å². The Hall–Kier alpha value is -2.86. The number of nitrogens with zero attached hydrogens (tertiary/aromatic N) is 1. The molecule has 2 N–H and O–H groups in total. The second-order valence-electron chi connectivity index (χ2n) is 7.63. The number of benzene rings is 2. The summed E-state index contributed by atoms with van der Waals surface area (Å²) in [4.78, 5) is 25.9. The molecule has 1 saturated heterocycles. The molecule has 1 aliphatic heterocycles. The van der Waals surface area contributed by atoms with Gasteiger partial charge in [0.2, 0.25) is 0 Å². The number of aliphatic hydroxyl groups excluding tert-OH is 1. The second-order valence-corrected chi connectivity index (χ2v) is 7.63. The lowest BCUT2D eigenvalue weighted by Gasteiger charge is -2.20. The van der Waals surface area contributed by atoms with Crippen LogP contribution in [0, 0.1) is 0 Å². The molecule has 0 aliphatic carbocycles. The normalized spacial score (nSPS) is 17.5. The molecule has 0 aromatic heterocycles. The van der Waals surface area contributed by atoms with E-state index < -0.39 is 18.2 Å². The Bertz CT molecular complexity index is 838. The van der Waals surface area contributed by atoms with Gasteiger partial charge in [-0.15, -0.1) is 0 Å². The second kappa shape index (κ2) is 9.56. The van der Waals surface area contributed by atoms with Gasteiger partial charge in [-0.25, -0.2) is 4.79 Å². The summed E-state index contributed by atoms with van der Waals surface area (Å²) in [5.41, 5.74) is 2.17. The Morgan fingerprint density at radius 1 is 1.07 bits per heavy atom. The number of aliphatic hydroxyl groups is 1. The number of amides is 3. The summed E-state index contributed by atoms with van der Waals surface area (Å²) in [6.45, 7) is 4.06. The molecular formula is C23H28N2O4. The summed E-state index contributed by atoms with van der Waals surface area (Å²) in [6, 6.07) is 16.5. The molecule has 0 spiro atoms. The highest BCUT2D eigenvalue weighted by Crippen LogP contribution is 2.26. The highest BCUT2D eigenvalue weighted by Gasteiger charge is 2.38. The lowest BCUT2D eigenvalue weighted by Crippen LogP contribution is -2.40. The van der Waals surface area contributed by atoms with Crippen LogP contribution in [-0.2, 0) is 11.2 Å². The Labute approximate surface area is 171 Å². The van der Waals surface area contributed by atoms with Crippen molar-refractivity contribution in [1.82, 2.24) is 10.2 Å². The van der Waals surface area contributed by atoms with Crippen LogP contribution in [0.4, 0.5) is 4.79 Å². The Kier molecular flexibility index (Phi) is 6.88. The molecule has 3 rings (SSSR count). The van der Waals surface area contributed by atoms with E-state index in [4.69, 9.17) is 4.74 Å². The van der Waals surface area contributed by atoms with E-state index in [0.29, 0.717) is 24.5 Å². The van der Waals surface area contributed by atoms with Crippen molar-refractivity contribution in [2.45, 2.75) is 44.8 Å². The summed E-state index contributed by atoms with van der Waals surface area (Å²) >= 11 is 0. The van der Waals surface area contributed by atoms with Crippen LogP contribution in [0.5, 0.6) is 5.75 Å². The van der Waals surface area contributed by atoms with Crippen LogP contribution in [0.25, 0.3) is 0 Å². The van der Waals surface area contributed by atoms with Gasteiger partial charge in [0.15, 0.2) is 0 Å². The number of hydrogen-bond acceptors (Lipinski definition) is 4. The Balaban J connectivity index is 1.51. The van der Waals surface area contributed by atoms with Crippen LogP contribution in [0.15, 0.2) is 54.6 Å². The zero-order valence-electron chi connectivity index (χ0n) is 16.9. The van der Waals surface area contributed by atoms with Gasteiger partial charge in [0.25, 0.3) is 5.91 Å². The van der Waals surface area contributed by atoms with E-state index >= 15 is 0 Å². The number of rotatable bonds is 9. The smallest absolute Gasteiger partial charge is 0.324 e. The average Bonchev–Trinajstić information content (AvgIpc) is 2.99. The molecule has 1 aliphatic rings. The van der Waals surface area contributed by atoms with Crippen LogP contribution in [0.1, 0.15) is 37.3 Å². The number of β-amino-alcohol motifs (C(OH)–C–C–N with tert-alkyl or cyclic N) is 1. The minimum atomic E-state index is -0.960. The standard InChI is InChI=1S/C23H28N2O4/c1-16(2)19-10-6-7-11-21(19)29-15-18(26)14-25-22(27)20(24-23(25)28)13-12-17-8-4-3-5-9-17/h3-11,16,18,20,26H,12-15H2,1-2H3,(H,24,28). The molecule has 2 atom stereocenters. The first-order valence-electron chi connectivity index (χ1n) is 10.0. The first-order valence-corrected chi connectivity index (χ1v) is 10.0. The summed E-state index contributed by atoms with van der Waals surface area (Å²) in [5, 5.41) is 13.0. The maximum Gasteiger partial charge on any atom is 0.324 e. The van der Waals surface area contributed by atoms with Crippen molar-refractivity contribution >= 4 is 11.9 Å². The third-order valence-corrected chi connectivity index (χ3v) is 5.04. The third kappa shape index (κ3) is 5.35. The van der Waals surface area contributed by atoms with Crippen molar-refractivity contribution in [3.63, 3.8) is 0 Å². The van der Waals surface area contributed by atoms with E-state index in [0.717, 1.165) is 16.0 Å². The minimum absolute atomic E-state index is 0.00940. The maximum atomic E-state index is 12.6. The predicted molar refractivity (Wildman–Crippen MR) is 111 cm³/mol. The molecule has 2 aromatic rings. The summed E-state index contributed by atoms with van der Waals surface area (Å²) in [6.07, 6.45) is 0.264. The number of imide groups is 1. The first-order chi connectivity index (χ1) is 14.0. The van der Waals surface area contributed by atoms with E-state index in [-0.39, 0.29) is 19.1 Å². The van der Waals surface area contributed by atoms with Crippen molar-refractivity contribution in [2.24, 2.45) is 0 Å². The number of aryl methyl sites for hydroxylation is 1. The summed E-state index contributed by atoms with van der Waals surface area (Å²) in [7, 11) is 0.